The first-order valence-electron chi connectivity index (χ1n) is 10.1. The van der Waals surface area contributed by atoms with Crippen LogP contribution < -0.4 is 11.1 Å². The summed E-state index contributed by atoms with van der Waals surface area (Å²) in [6.07, 6.45) is 3.90. The highest BCUT2D eigenvalue weighted by atomic mass is 32.1. The number of nitrogens with two attached hydrogens (primary N) is 1. The molecule has 5 rings (SSSR count). The van der Waals surface area contributed by atoms with Gasteiger partial charge in [-0.2, -0.15) is 0 Å². The first kappa shape index (κ1) is 19.4. The maximum Gasteiger partial charge on any atom is 0.265 e. The lowest BCUT2D eigenvalue weighted by molar-refractivity contribution is 0.0994. The van der Waals surface area contributed by atoms with Crippen LogP contribution in [0.3, 0.4) is 0 Å². The van der Waals surface area contributed by atoms with Crippen LogP contribution in [0.4, 0.5) is 5.13 Å². The smallest absolute Gasteiger partial charge is 0.265 e. The van der Waals surface area contributed by atoms with Crippen LogP contribution in [0.1, 0.15) is 56.4 Å². The predicted molar refractivity (Wildman–Crippen MR) is 122 cm³/mol. The second-order valence-corrected chi connectivity index (χ2v) is 8.86. The lowest BCUT2D eigenvalue weighted by Crippen LogP contribution is -2.14. The molecule has 8 heteroatoms. The number of carbonyl (C=O) groups excluding carboxylic acids is 2. The second kappa shape index (κ2) is 7.31. The minimum Gasteiger partial charge on any atom is -0.364 e. The van der Waals surface area contributed by atoms with Gasteiger partial charge in [0.1, 0.15) is 5.69 Å². The van der Waals surface area contributed by atoms with Gasteiger partial charge in [0, 0.05) is 34.1 Å². The molecular weight excluding hydrogens is 410 g/mol. The van der Waals surface area contributed by atoms with E-state index in [0.29, 0.717) is 28.0 Å². The third kappa shape index (κ3) is 3.70. The van der Waals surface area contributed by atoms with Crippen LogP contribution >= 0.6 is 11.3 Å². The van der Waals surface area contributed by atoms with Crippen molar-refractivity contribution >= 4 is 39.2 Å². The molecule has 1 aliphatic rings. The number of hydrogen-bond donors (Lipinski definition) is 3. The van der Waals surface area contributed by atoms with Gasteiger partial charge >= 0.3 is 0 Å². The van der Waals surface area contributed by atoms with E-state index in [2.05, 4.69) is 21.4 Å². The van der Waals surface area contributed by atoms with Gasteiger partial charge in [-0.25, -0.2) is 4.98 Å². The van der Waals surface area contributed by atoms with Gasteiger partial charge in [-0.05, 0) is 56.0 Å². The zero-order valence-corrected chi connectivity index (χ0v) is 18.0. The summed E-state index contributed by atoms with van der Waals surface area (Å²) in [7, 11) is 0. The lowest BCUT2D eigenvalue weighted by atomic mass is 9.99. The molecule has 0 radical (unpaired) electrons. The van der Waals surface area contributed by atoms with Crippen LogP contribution in [0.2, 0.25) is 0 Å². The van der Waals surface area contributed by atoms with E-state index in [-0.39, 0.29) is 5.91 Å². The summed E-state index contributed by atoms with van der Waals surface area (Å²) in [5.41, 5.74) is 11.6. The first-order valence-corrected chi connectivity index (χ1v) is 10.9. The molecule has 1 aliphatic carbocycles. The molecule has 4 aromatic rings. The van der Waals surface area contributed by atoms with Gasteiger partial charge in [-0.15, -0.1) is 11.3 Å². The Morgan fingerprint density at radius 3 is 2.68 bits per heavy atom. The molecule has 0 bridgehead atoms. The number of rotatable bonds is 5. The lowest BCUT2D eigenvalue weighted by Gasteiger charge is -2.12. The molecule has 0 spiro atoms. The van der Waals surface area contributed by atoms with Crippen molar-refractivity contribution in [1.82, 2.24) is 15.0 Å². The van der Waals surface area contributed by atoms with E-state index in [1.54, 1.807) is 12.3 Å². The summed E-state index contributed by atoms with van der Waals surface area (Å²) < 4.78 is 0. The first-order chi connectivity index (χ1) is 14.9. The zero-order valence-electron chi connectivity index (χ0n) is 17.2. The van der Waals surface area contributed by atoms with E-state index in [0.717, 1.165) is 46.1 Å². The number of aromatic amines is 1. The Morgan fingerprint density at radius 2 is 1.97 bits per heavy atom. The average molecular weight is 432 g/mol. The standard InChI is InChI=1S/C23H21N5O2S/c1-11-5-12(2)20-15(8-16(13-3-4-13)26-17(20)6-11)22(30)28-23-27-19(10-31-23)14-7-18(21(24)29)25-9-14/h5-10,13,25H,3-4H2,1-2H3,(H2,24,29)(H,27,28,30). The van der Waals surface area contributed by atoms with Crippen molar-refractivity contribution < 1.29 is 9.59 Å². The van der Waals surface area contributed by atoms with Gasteiger partial charge in [0.05, 0.1) is 16.8 Å². The molecular formula is C23H21N5O2S. The summed E-state index contributed by atoms with van der Waals surface area (Å²) in [4.78, 5) is 36.7. The van der Waals surface area contributed by atoms with E-state index in [9.17, 15) is 9.59 Å². The highest BCUT2D eigenvalue weighted by Crippen LogP contribution is 2.40. The number of carbonyl (C=O) groups is 2. The topological polar surface area (TPSA) is 114 Å². The monoisotopic (exact) mass is 431 g/mol. The minimum atomic E-state index is -0.531. The fraction of sp³-hybridized carbons (Fsp3) is 0.217. The second-order valence-electron chi connectivity index (χ2n) is 8.00. The SMILES string of the molecule is Cc1cc(C)c2c(C(=O)Nc3nc(-c4c[nH]c(C(N)=O)c4)cs3)cc(C3CC3)nc2c1. The molecule has 0 aliphatic heterocycles. The molecule has 2 amide bonds. The third-order valence-corrected chi connectivity index (χ3v) is 6.24. The number of benzene rings is 1. The average Bonchev–Trinajstić information content (AvgIpc) is 3.26. The Bertz CT molecular complexity index is 1350. The largest absolute Gasteiger partial charge is 0.364 e. The number of hydrogen-bond acceptors (Lipinski definition) is 5. The van der Waals surface area contributed by atoms with Gasteiger partial charge in [-0.1, -0.05) is 6.07 Å². The number of fused-ring (bicyclic) bond motifs is 1. The van der Waals surface area contributed by atoms with Crippen molar-refractivity contribution in [3.8, 4) is 11.3 Å². The number of pyridine rings is 1. The van der Waals surface area contributed by atoms with Crippen molar-refractivity contribution in [3.63, 3.8) is 0 Å². The van der Waals surface area contributed by atoms with E-state index in [4.69, 9.17) is 10.7 Å². The molecule has 3 heterocycles. The van der Waals surface area contributed by atoms with Gasteiger partial charge in [-0.3, -0.25) is 19.9 Å². The molecule has 156 valence electrons. The third-order valence-electron chi connectivity index (χ3n) is 5.48. The van der Waals surface area contributed by atoms with E-state index < -0.39 is 5.91 Å². The van der Waals surface area contributed by atoms with E-state index in [1.807, 2.05) is 31.4 Å². The normalized spacial score (nSPS) is 13.5. The maximum absolute atomic E-state index is 13.3. The number of H-pyrrole nitrogens is 1. The van der Waals surface area contributed by atoms with Crippen LogP contribution in [0.5, 0.6) is 0 Å². The van der Waals surface area contributed by atoms with Gasteiger partial charge in [0.25, 0.3) is 11.8 Å². The fourth-order valence-corrected chi connectivity index (χ4v) is 4.57. The zero-order chi connectivity index (χ0) is 21.7. The van der Waals surface area contributed by atoms with E-state index in [1.165, 1.54) is 11.3 Å². The van der Waals surface area contributed by atoms with Gasteiger partial charge in [0.15, 0.2) is 5.13 Å². The number of aryl methyl sites for hydroxylation is 2. The van der Waals surface area contributed by atoms with Crippen LogP contribution in [-0.2, 0) is 0 Å². The van der Waals surface area contributed by atoms with Crippen molar-refractivity contribution in [1.29, 1.82) is 0 Å². The van der Waals surface area contributed by atoms with Gasteiger partial charge in [0.2, 0.25) is 0 Å². The molecule has 0 unspecified atom stereocenters. The number of amides is 2. The number of anilines is 1. The fourth-order valence-electron chi connectivity index (χ4n) is 3.86. The Kier molecular flexibility index (Phi) is 4.59. The molecule has 3 aromatic heterocycles. The Hall–Kier alpha value is -3.52. The Labute approximate surface area is 182 Å². The molecule has 1 fully saturated rings. The van der Waals surface area contributed by atoms with E-state index >= 15 is 0 Å². The van der Waals surface area contributed by atoms with Crippen LogP contribution in [0.15, 0.2) is 35.8 Å². The van der Waals surface area contributed by atoms with Crippen molar-refractivity contribution in [2.24, 2.45) is 5.73 Å². The van der Waals surface area contributed by atoms with Crippen molar-refractivity contribution in [2.75, 3.05) is 5.32 Å². The summed E-state index contributed by atoms with van der Waals surface area (Å²) in [6, 6.07) is 7.68. The summed E-state index contributed by atoms with van der Waals surface area (Å²) >= 11 is 1.33. The summed E-state index contributed by atoms with van der Waals surface area (Å²) in [5.74, 6) is -0.290. The van der Waals surface area contributed by atoms with Crippen molar-refractivity contribution in [3.05, 3.63) is 63.9 Å². The van der Waals surface area contributed by atoms with Crippen LogP contribution in [0.25, 0.3) is 22.2 Å². The summed E-state index contributed by atoms with van der Waals surface area (Å²) in [5, 5.41) is 6.14. The molecule has 0 saturated heterocycles. The summed E-state index contributed by atoms with van der Waals surface area (Å²) in [6.45, 7) is 4.05. The van der Waals surface area contributed by atoms with Crippen LogP contribution in [0, 0.1) is 13.8 Å². The van der Waals surface area contributed by atoms with Gasteiger partial charge < -0.3 is 10.7 Å². The number of nitrogens with one attached hydrogen (secondary N) is 2. The number of primary amides is 1. The number of thiazole rings is 1. The number of nitrogens with zero attached hydrogens (tertiary/aromatic N) is 2. The molecule has 7 nitrogen and oxygen atoms in total. The minimum absolute atomic E-state index is 0.200. The molecule has 1 saturated carbocycles. The molecule has 0 atom stereocenters. The number of aromatic nitrogens is 3. The maximum atomic E-state index is 13.3. The Balaban J connectivity index is 1.48. The molecule has 31 heavy (non-hydrogen) atoms. The van der Waals surface area contributed by atoms with Crippen LogP contribution in [-0.4, -0.2) is 26.8 Å². The predicted octanol–water partition coefficient (Wildman–Crippen LogP) is 4.53. The molecule has 4 N–H and O–H groups in total. The van der Waals surface area contributed by atoms with Crippen molar-refractivity contribution in [2.45, 2.75) is 32.6 Å². The highest BCUT2D eigenvalue weighted by Gasteiger charge is 2.27. The quantitative estimate of drug-likeness (QED) is 0.431. The molecule has 1 aromatic carbocycles. The Morgan fingerprint density at radius 1 is 1.16 bits per heavy atom. The highest BCUT2D eigenvalue weighted by molar-refractivity contribution is 7.14.